The number of carboxylic acid groups (broad SMARTS) is 1. The van der Waals surface area contributed by atoms with Crippen LogP contribution in [-0.4, -0.2) is 35.3 Å². The topological polar surface area (TPSA) is 78.4 Å². The lowest BCUT2D eigenvalue weighted by molar-refractivity contribution is 0.209. The van der Waals surface area contributed by atoms with Crippen LogP contribution in [0.4, 0.5) is 16.3 Å². The number of benzene rings is 2. The van der Waals surface area contributed by atoms with E-state index in [1.54, 1.807) is 23.6 Å². The van der Waals surface area contributed by atoms with Crippen molar-refractivity contribution in [3.05, 3.63) is 60.8 Å². The molecule has 2 N–H and O–H groups in total. The summed E-state index contributed by atoms with van der Waals surface area (Å²) in [5, 5.41) is 11.9. The predicted molar refractivity (Wildman–Crippen MR) is 114 cm³/mol. The van der Waals surface area contributed by atoms with E-state index >= 15 is 0 Å². The number of aromatic nitrogens is 2. The van der Waals surface area contributed by atoms with Gasteiger partial charge in [0.15, 0.2) is 0 Å². The average Bonchev–Trinajstić information content (AvgIpc) is 3.11. The number of amides is 1. The highest BCUT2D eigenvalue weighted by Crippen LogP contribution is 2.33. The maximum Gasteiger partial charge on any atom is 0.410 e. The van der Waals surface area contributed by atoms with E-state index in [2.05, 4.69) is 33.4 Å². The first-order valence-corrected chi connectivity index (χ1v) is 9.46. The van der Waals surface area contributed by atoms with Gasteiger partial charge in [0, 0.05) is 37.1 Å². The summed E-state index contributed by atoms with van der Waals surface area (Å²) in [5.74, 6) is 0.305. The van der Waals surface area contributed by atoms with Crippen LogP contribution in [0.25, 0.3) is 31.9 Å². The van der Waals surface area contributed by atoms with Gasteiger partial charge in [-0.25, -0.2) is 14.8 Å². The van der Waals surface area contributed by atoms with Crippen LogP contribution >= 0.6 is 11.3 Å². The smallest absolute Gasteiger partial charge is 0.410 e. The van der Waals surface area contributed by atoms with Crippen LogP contribution in [0.15, 0.2) is 60.8 Å². The number of anilines is 2. The maximum absolute atomic E-state index is 10.7. The van der Waals surface area contributed by atoms with Crippen LogP contribution < -0.4 is 10.2 Å². The second-order valence-corrected chi connectivity index (χ2v) is 7.54. The molecular weight excluding hydrogens is 372 g/mol. The average molecular weight is 390 g/mol. The second-order valence-electron chi connectivity index (χ2n) is 6.51. The first-order valence-electron chi connectivity index (χ1n) is 8.64. The highest BCUT2D eigenvalue weighted by Gasteiger charge is 2.09. The number of hydrogen-bond acceptors (Lipinski definition) is 5. The normalized spacial score (nSPS) is 10.8. The Morgan fingerprint density at radius 1 is 1.00 bits per heavy atom. The maximum atomic E-state index is 10.7. The summed E-state index contributed by atoms with van der Waals surface area (Å²) >= 11 is 1.68. The van der Waals surface area contributed by atoms with Gasteiger partial charge in [-0.3, -0.25) is 5.32 Å². The van der Waals surface area contributed by atoms with E-state index in [-0.39, 0.29) is 0 Å². The van der Waals surface area contributed by atoms with E-state index in [1.165, 1.54) is 0 Å². The molecule has 0 fully saturated rings. The first kappa shape index (κ1) is 17.9. The van der Waals surface area contributed by atoms with Crippen molar-refractivity contribution in [1.29, 1.82) is 0 Å². The van der Waals surface area contributed by atoms with E-state index in [1.807, 2.05) is 44.4 Å². The van der Waals surface area contributed by atoms with Crippen molar-refractivity contribution >= 4 is 39.2 Å². The molecule has 7 heteroatoms. The second kappa shape index (κ2) is 7.28. The molecule has 0 atom stereocenters. The Morgan fingerprint density at radius 3 is 2.36 bits per heavy atom. The summed E-state index contributed by atoms with van der Waals surface area (Å²) in [4.78, 5) is 21.6. The summed E-state index contributed by atoms with van der Waals surface area (Å²) in [5.41, 5.74) is 5.15. The quantitative estimate of drug-likeness (QED) is 0.502. The molecule has 2 aromatic heterocycles. The molecule has 0 saturated heterocycles. The van der Waals surface area contributed by atoms with Crippen LogP contribution in [0.1, 0.15) is 0 Å². The lowest BCUT2D eigenvalue weighted by Gasteiger charge is -2.11. The highest BCUT2D eigenvalue weighted by molar-refractivity contribution is 7.21. The minimum absolute atomic E-state index is 0.305. The van der Waals surface area contributed by atoms with Crippen molar-refractivity contribution < 1.29 is 9.90 Å². The summed E-state index contributed by atoms with van der Waals surface area (Å²) in [6.45, 7) is 0. The van der Waals surface area contributed by atoms with E-state index < -0.39 is 6.09 Å². The van der Waals surface area contributed by atoms with E-state index in [0.29, 0.717) is 5.82 Å². The molecule has 0 unspecified atom stereocenters. The minimum atomic E-state index is -1.13. The number of hydrogen-bond donors (Lipinski definition) is 2. The minimum Gasteiger partial charge on any atom is -0.465 e. The highest BCUT2D eigenvalue weighted by atomic mass is 32.1. The Bertz CT molecular complexity index is 1140. The molecule has 0 saturated carbocycles. The summed E-state index contributed by atoms with van der Waals surface area (Å²) in [6, 6.07) is 17.9. The molecule has 140 valence electrons. The zero-order valence-electron chi connectivity index (χ0n) is 15.4. The fraction of sp³-hybridized carbons (Fsp3) is 0.0952. The molecular formula is C21H18N4O2S. The fourth-order valence-electron chi connectivity index (χ4n) is 2.87. The zero-order chi connectivity index (χ0) is 19.7. The third-order valence-corrected chi connectivity index (χ3v) is 5.42. The molecule has 2 heterocycles. The summed E-state index contributed by atoms with van der Waals surface area (Å²) in [6.07, 6.45) is 0.527. The predicted octanol–water partition coefficient (Wildman–Crippen LogP) is 5.18. The van der Waals surface area contributed by atoms with Gasteiger partial charge in [0.2, 0.25) is 0 Å². The summed E-state index contributed by atoms with van der Waals surface area (Å²) in [7, 11) is 4.06. The van der Waals surface area contributed by atoms with Gasteiger partial charge in [0.1, 0.15) is 10.8 Å². The number of nitrogens with one attached hydrogen (secondary N) is 1. The lowest BCUT2D eigenvalue weighted by Crippen LogP contribution is -2.08. The fourth-order valence-corrected chi connectivity index (χ4v) is 3.87. The van der Waals surface area contributed by atoms with Crippen molar-refractivity contribution in [2.24, 2.45) is 0 Å². The molecule has 6 nitrogen and oxygen atoms in total. The molecule has 0 radical (unpaired) electrons. The zero-order valence-corrected chi connectivity index (χ0v) is 16.2. The van der Waals surface area contributed by atoms with Gasteiger partial charge in [-0.1, -0.05) is 24.3 Å². The van der Waals surface area contributed by atoms with Crippen molar-refractivity contribution in [3.63, 3.8) is 0 Å². The van der Waals surface area contributed by atoms with Gasteiger partial charge >= 0.3 is 6.09 Å². The molecule has 0 spiro atoms. The molecule has 4 rings (SSSR count). The Kier molecular flexibility index (Phi) is 4.67. The number of rotatable bonds is 4. The molecule has 1 amide bonds. The third-order valence-electron chi connectivity index (χ3n) is 4.35. The number of pyridine rings is 1. The molecule has 0 aliphatic heterocycles. The van der Waals surface area contributed by atoms with Crippen LogP contribution in [0, 0.1) is 0 Å². The first-order chi connectivity index (χ1) is 13.5. The SMILES string of the molecule is CN(C)c1ccc2nc(-c3ccc(-c4ccc(NC(=O)O)nc4)cc3)sc2c1. The van der Waals surface area contributed by atoms with E-state index in [4.69, 9.17) is 10.1 Å². The number of fused-ring (bicyclic) bond motifs is 1. The van der Waals surface area contributed by atoms with Gasteiger partial charge in [-0.05, 0) is 35.9 Å². The van der Waals surface area contributed by atoms with Gasteiger partial charge < -0.3 is 10.0 Å². The van der Waals surface area contributed by atoms with E-state index in [0.717, 1.165) is 37.6 Å². The molecule has 4 aromatic rings. The van der Waals surface area contributed by atoms with E-state index in [9.17, 15) is 4.79 Å². The Morgan fingerprint density at radius 2 is 1.71 bits per heavy atom. The Balaban J connectivity index is 1.59. The standard InChI is InChI=1S/C21H18N4O2S/c1-25(2)16-8-9-17-18(11-16)28-20(23-17)14-5-3-13(4-6-14)15-7-10-19(22-12-15)24-21(26)27/h3-12H,1-2H3,(H,22,24)(H,26,27). The number of nitrogens with zero attached hydrogens (tertiary/aromatic N) is 3. The molecule has 0 aliphatic rings. The number of thiazole rings is 1. The van der Waals surface area contributed by atoms with Crippen molar-refractivity contribution in [2.75, 3.05) is 24.3 Å². The van der Waals surface area contributed by atoms with Gasteiger partial charge in [-0.2, -0.15) is 0 Å². The van der Waals surface area contributed by atoms with Gasteiger partial charge in [0.05, 0.1) is 10.2 Å². The molecule has 0 aliphatic carbocycles. The van der Waals surface area contributed by atoms with Gasteiger partial charge in [0.25, 0.3) is 0 Å². The number of carbonyl (C=O) groups is 1. The Hall–Kier alpha value is -3.45. The Labute approximate surface area is 166 Å². The molecule has 2 aromatic carbocycles. The van der Waals surface area contributed by atoms with Crippen molar-refractivity contribution in [2.45, 2.75) is 0 Å². The van der Waals surface area contributed by atoms with Crippen molar-refractivity contribution in [3.8, 4) is 21.7 Å². The third kappa shape index (κ3) is 3.65. The monoisotopic (exact) mass is 390 g/mol. The lowest BCUT2D eigenvalue weighted by atomic mass is 10.1. The van der Waals surface area contributed by atoms with Crippen LogP contribution in [0.3, 0.4) is 0 Å². The van der Waals surface area contributed by atoms with Crippen LogP contribution in [0.5, 0.6) is 0 Å². The molecule has 28 heavy (non-hydrogen) atoms. The largest absolute Gasteiger partial charge is 0.465 e. The molecule has 0 bridgehead atoms. The van der Waals surface area contributed by atoms with Gasteiger partial charge in [-0.15, -0.1) is 11.3 Å². The van der Waals surface area contributed by atoms with Crippen LogP contribution in [-0.2, 0) is 0 Å². The van der Waals surface area contributed by atoms with Crippen molar-refractivity contribution in [1.82, 2.24) is 9.97 Å². The van der Waals surface area contributed by atoms with Crippen LogP contribution in [0.2, 0.25) is 0 Å². The summed E-state index contributed by atoms with van der Waals surface area (Å²) < 4.78 is 1.16.